The van der Waals surface area contributed by atoms with Gasteiger partial charge >= 0.3 is 5.97 Å². The molecule has 34 heavy (non-hydrogen) atoms. The Labute approximate surface area is 198 Å². The highest BCUT2D eigenvalue weighted by atomic mass is 16.5. The van der Waals surface area contributed by atoms with Gasteiger partial charge in [-0.15, -0.1) is 0 Å². The van der Waals surface area contributed by atoms with E-state index in [1.807, 2.05) is 30.3 Å². The molecular formula is C27H30N2O5. The molecule has 1 fully saturated rings. The highest BCUT2D eigenvalue weighted by Gasteiger charge is 2.20. The average molecular weight is 463 g/mol. The Kier molecular flexibility index (Phi) is 7.30. The van der Waals surface area contributed by atoms with E-state index in [9.17, 15) is 14.4 Å². The largest absolute Gasteiger partial charge is 0.497 e. The van der Waals surface area contributed by atoms with Crippen LogP contribution in [0.1, 0.15) is 54.4 Å². The summed E-state index contributed by atoms with van der Waals surface area (Å²) < 4.78 is 11.6. The van der Waals surface area contributed by atoms with Gasteiger partial charge in [0.25, 0.3) is 5.56 Å². The minimum atomic E-state index is -0.710. The number of methoxy groups -OCH3 is 2. The molecular weight excluding hydrogens is 432 g/mol. The van der Waals surface area contributed by atoms with E-state index in [-0.39, 0.29) is 18.0 Å². The Hall–Kier alpha value is -3.61. The maximum absolute atomic E-state index is 13.2. The highest BCUT2D eigenvalue weighted by Crippen LogP contribution is 2.29. The summed E-state index contributed by atoms with van der Waals surface area (Å²) in [4.78, 5) is 38.4. The number of nitrogens with one attached hydrogen (secondary N) is 1. The van der Waals surface area contributed by atoms with Crippen LogP contribution in [0.15, 0.2) is 53.3 Å². The summed E-state index contributed by atoms with van der Waals surface area (Å²) in [5.74, 6) is 0.565. The van der Waals surface area contributed by atoms with Gasteiger partial charge in [0.05, 0.1) is 32.0 Å². The van der Waals surface area contributed by atoms with Gasteiger partial charge in [-0.25, -0.2) is 4.79 Å². The second-order valence-electron chi connectivity index (χ2n) is 8.76. The fraction of sp³-hybridized carbons (Fsp3) is 0.370. The van der Waals surface area contributed by atoms with Crippen molar-refractivity contribution in [1.82, 2.24) is 4.57 Å². The maximum atomic E-state index is 13.2. The zero-order valence-electron chi connectivity index (χ0n) is 19.6. The standard InChI is InChI=1S/C27H30N2O5/c1-33-20-13-10-19(11-14-20)17-29-24-9-5-8-23(21(24)16-22(26(29)31)27(32)34-2)28-25(30)15-12-18-6-3-4-7-18/h5,8-11,13-14,16,18H,3-4,6-7,12,15,17H2,1-2H3,(H,28,30). The molecule has 4 rings (SSSR count). The van der Waals surface area contributed by atoms with Crippen molar-refractivity contribution in [2.24, 2.45) is 5.92 Å². The molecule has 1 heterocycles. The van der Waals surface area contributed by atoms with Crippen molar-refractivity contribution in [3.8, 4) is 5.75 Å². The lowest BCUT2D eigenvalue weighted by atomic mass is 10.0. The van der Waals surface area contributed by atoms with Crippen molar-refractivity contribution in [2.45, 2.75) is 45.1 Å². The van der Waals surface area contributed by atoms with Crippen LogP contribution in [0.4, 0.5) is 5.69 Å². The van der Waals surface area contributed by atoms with Crippen LogP contribution in [0.5, 0.6) is 5.75 Å². The van der Waals surface area contributed by atoms with Crippen LogP contribution in [-0.2, 0) is 16.1 Å². The van der Waals surface area contributed by atoms with Crippen LogP contribution < -0.4 is 15.6 Å². The summed E-state index contributed by atoms with van der Waals surface area (Å²) in [6.07, 6.45) is 6.22. The van der Waals surface area contributed by atoms with Gasteiger partial charge in [0.15, 0.2) is 0 Å². The molecule has 0 saturated heterocycles. The molecule has 2 aromatic carbocycles. The highest BCUT2D eigenvalue weighted by molar-refractivity contribution is 6.03. The van der Waals surface area contributed by atoms with Crippen LogP contribution in [-0.4, -0.2) is 30.7 Å². The number of hydrogen-bond acceptors (Lipinski definition) is 5. The summed E-state index contributed by atoms with van der Waals surface area (Å²) in [6.45, 7) is 0.253. The number of esters is 1. The van der Waals surface area contributed by atoms with E-state index in [1.165, 1.54) is 43.4 Å². The summed E-state index contributed by atoms with van der Waals surface area (Å²) in [6, 6.07) is 14.3. The van der Waals surface area contributed by atoms with Gasteiger partial charge in [0.1, 0.15) is 11.3 Å². The third-order valence-electron chi connectivity index (χ3n) is 6.57. The molecule has 1 N–H and O–H groups in total. The number of carbonyl (C=O) groups is 2. The summed E-state index contributed by atoms with van der Waals surface area (Å²) in [5.41, 5.74) is 1.55. The van der Waals surface area contributed by atoms with Crippen LogP contribution >= 0.6 is 0 Å². The summed E-state index contributed by atoms with van der Waals surface area (Å²) in [7, 11) is 2.84. The molecule has 1 aliphatic carbocycles. The molecule has 178 valence electrons. The van der Waals surface area contributed by atoms with E-state index in [4.69, 9.17) is 9.47 Å². The van der Waals surface area contributed by atoms with E-state index in [0.717, 1.165) is 12.0 Å². The molecule has 1 amide bonds. The Morgan fingerprint density at radius 1 is 1.06 bits per heavy atom. The molecule has 0 bridgehead atoms. The smallest absolute Gasteiger partial charge is 0.343 e. The van der Waals surface area contributed by atoms with Crippen LogP contribution in [0.3, 0.4) is 0 Å². The zero-order chi connectivity index (χ0) is 24.1. The average Bonchev–Trinajstić information content (AvgIpc) is 3.38. The van der Waals surface area contributed by atoms with Gasteiger partial charge in [-0.1, -0.05) is 43.9 Å². The van der Waals surface area contributed by atoms with Crippen molar-refractivity contribution in [2.75, 3.05) is 19.5 Å². The first-order chi connectivity index (χ1) is 16.5. The zero-order valence-corrected chi connectivity index (χ0v) is 19.6. The molecule has 0 unspecified atom stereocenters. The van der Waals surface area contributed by atoms with Crippen molar-refractivity contribution in [3.05, 3.63) is 70.0 Å². The fourth-order valence-corrected chi connectivity index (χ4v) is 4.68. The lowest BCUT2D eigenvalue weighted by Crippen LogP contribution is -2.28. The number of rotatable bonds is 8. The third-order valence-corrected chi connectivity index (χ3v) is 6.57. The number of nitrogens with zero attached hydrogens (tertiary/aromatic N) is 1. The third kappa shape index (κ3) is 5.14. The van der Waals surface area contributed by atoms with Gasteiger partial charge in [-0.05, 0) is 48.2 Å². The first-order valence-electron chi connectivity index (χ1n) is 11.7. The molecule has 7 heteroatoms. The van der Waals surface area contributed by atoms with E-state index < -0.39 is 11.5 Å². The second kappa shape index (κ2) is 10.5. The quantitative estimate of drug-likeness (QED) is 0.488. The molecule has 3 aromatic rings. The van der Waals surface area contributed by atoms with E-state index >= 15 is 0 Å². The van der Waals surface area contributed by atoms with E-state index in [0.29, 0.717) is 34.7 Å². The van der Waals surface area contributed by atoms with E-state index in [1.54, 1.807) is 19.2 Å². The SMILES string of the molecule is COC(=O)c1cc2c(NC(=O)CCC3CCCC3)cccc2n(Cc2ccc(OC)cc2)c1=O. The number of amides is 1. The number of pyridine rings is 1. The lowest BCUT2D eigenvalue weighted by Gasteiger charge is -2.16. The van der Waals surface area contributed by atoms with Gasteiger partial charge in [-0.3, -0.25) is 9.59 Å². The molecule has 0 radical (unpaired) electrons. The molecule has 0 spiro atoms. The first kappa shape index (κ1) is 23.5. The second-order valence-corrected chi connectivity index (χ2v) is 8.76. The topological polar surface area (TPSA) is 86.6 Å². The summed E-state index contributed by atoms with van der Waals surface area (Å²) >= 11 is 0. The Balaban J connectivity index is 1.70. The maximum Gasteiger partial charge on any atom is 0.343 e. The van der Waals surface area contributed by atoms with E-state index in [2.05, 4.69) is 5.32 Å². The normalized spacial score (nSPS) is 13.7. The molecule has 7 nitrogen and oxygen atoms in total. The van der Waals surface area contributed by atoms with Crippen molar-refractivity contribution in [3.63, 3.8) is 0 Å². The number of fused-ring (bicyclic) bond motifs is 1. The van der Waals surface area contributed by atoms with Gasteiger partial charge < -0.3 is 19.4 Å². The molecule has 1 saturated carbocycles. The van der Waals surface area contributed by atoms with Crippen LogP contribution in [0, 0.1) is 5.92 Å². The van der Waals surface area contributed by atoms with Crippen molar-refractivity contribution < 1.29 is 19.1 Å². The minimum absolute atomic E-state index is 0.0630. The summed E-state index contributed by atoms with van der Waals surface area (Å²) in [5, 5.41) is 3.61. The number of benzene rings is 2. The lowest BCUT2D eigenvalue weighted by molar-refractivity contribution is -0.116. The number of aromatic nitrogens is 1. The number of hydrogen-bond donors (Lipinski definition) is 1. The van der Waals surface area contributed by atoms with Crippen molar-refractivity contribution >= 4 is 28.5 Å². The number of anilines is 1. The van der Waals surface area contributed by atoms with Crippen molar-refractivity contribution in [1.29, 1.82) is 0 Å². The number of carbonyl (C=O) groups excluding carboxylic acids is 2. The Morgan fingerprint density at radius 2 is 1.79 bits per heavy atom. The van der Waals surface area contributed by atoms with Gasteiger partial charge in [0.2, 0.25) is 5.91 Å². The Morgan fingerprint density at radius 3 is 2.47 bits per heavy atom. The van der Waals surface area contributed by atoms with Gasteiger partial charge in [-0.2, -0.15) is 0 Å². The minimum Gasteiger partial charge on any atom is -0.497 e. The predicted octanol–water partition coefficient (Wildman–Crippen LogP) is 4.75. The first-order valence-corrected chi connectivity index (χ1v) is 11.7. The predicted molar refractivity (Wildman–Crippen MR) is 131 cm³/mol. The molecule has 1 aliphatic rings. The van der Waals surface area contributed by atoms with Crippen LogP contribution in [0.2, 0.25) is 0 Å². The number of ether oxygens (including phenoxy) is 2. The van der Waals surface area contributed by atoms with Crippen LogP contribution in [0.25, 0.3) is 10.9 Å². The monoisotopic (exact) mass is 462 g/mol. The van der Waals surface area contributed by atoms with Gasteiger partial charge in [0, 0.05) is 11.8 Å². The molecule has 1 aromatic heterocycles. The fourth-order valence-electron chi connectivity index (χ4n) is 4.68. The molecule has 0 aliphatic heterocycles. The Bertz CT molecular complexity index is 1240. The molecule has 0 atom stereocenters.